The molecule has 4 heteroatoms. The van der Waals surface area contributed by atoms with Crippen LogP contribution in [0.1, 0.15) is 49.1 Å². The van der Waals surface area contributed by atoms with Crippen molar-refractivity contribution in [2.75, 3.05) is 26.2 Å². The fraction of sp³-hybridized carbons (Fsp3) is 0.579. The number of amides is 2. The predicted molar refractivity (Wildman–Crippen MR) is 90.2 cm³/mol. The minimum Gasteiger partial charge on any atom is -0.342 e. The van der Waals surface area contributed by atoms with Crippen LogP contribution in [-0.2, 0) is 16.0 Å². The molecule has 1 saturated carbocycles. The number of hydrogen-bond donors (Lipinski definition) is 0. The normalized spacial score (nSPS) is 19.7. The molecule has 1 aromatic rings. The number of benzene rings is 1. The Morgan fingerprint density at radius 2 is 1.65 bits per heavy atom. The maximum Gasteiger partial charge on any atom is 0.227 e. The van der Waals surface area contributed by atoms with Gasteiger partial charge in [-0.3, -0.25) is 9.59 Å². The number of carbonyl (C=O) groups is 2. The highest BCUT2D eigenvalue weighted by molar-refractivity contribution is 5.79. The van der Waals surface area contributed by atoms with Crippen molar-refractivity contribution in [3.8, 4) is 0 Å². The van der Waals surface area contributed by atoms with E-state index in [0.717, 1.165) is 12.0 Å². The average Bonchev–Trinajstić information content (AvgIpc) is 2.63. The van der Waals surface area contributed by atoms with E-state index in [-0.39, 0.29) is 5.91 Å². The molecule has 1 saturated heterocycles. The highest BCUT2D eigenvalue weighted by atomic mass is 16.2. The summed E-state index contributed by atoms with van der Waals surface area (Å²) in [5.41, 5.74) is 2.52. The van der Waals surface area contributed by atoms with E-state index in [1.165, 1.54) is 37.7 Å². The van der Waals surface area contributed by atoms with Crippen LogP contribution >= 0.6 is 0 Å². The van der Waals surface area contributed by atoms with Gasteiger partial charge < -0.3 is 9.80 Å². The van der Waals surface area contributed by atoms with Crippen molar-refractivity contribution in [3.63, 3.8) is 0 Å². The maximum absolute atomic E-state index is 12.4. The van der Waals surface area contributed by atoms with E-state index < -0.39 is 0 Å². The van der Waals surface area contributed by atoms with Crippen molar-refractivity contribution >= 4 is 12.3 Å². The molecule has 1 aliphatic heterocycles. The van der Waals surface area contributed by atoms with Crippen LogP contribution in [0.5, 0.6) is 0 Å². The molecule has 0 bridgehead atoms. The molecule has 1 aromatic carbocycles. The Bertz CT molecular complexity index is 527. The van der Waals surface area contributed by atoms with Crippen LogP contribution in [0.2, 0.25) is 0 Å². The van der Waals surface area contributed by atoms with E-state index in [0.29, 0.717) is 38.5 Å². The Kier molecular flexibility index (Phi) is 5.31. The van der Waals surface area contributed by atoms with Crippen LogP contribution in [-0.4, -0.2) is 48.3 Å². The third-order valence-corrected chi connectivity index (χ3v) is 5.23. The monoisotopic (exact) mass is 314 g/mol. The summed E-state index contributed by atoms with van der Waals surface area (Å²) >= 11 is 0. The number of piperazine rings is 1. The summed E-state index contributed by atoms with van der Waals surface area (Å²) in [6.07, 6.45) is 8.01. The first-order valence-electron chi connectivity index (χ1n) is 8.82. The molecule has 0 N–H and O–H groups in total. The van der Waals surface area contributed by atoms with Crippen LogP contribution in [0.3, 0.4) is 0 Å². The second-order valence-corrected chi connectivity index (χ2v) is 6.78. The van der Waals surface area contributed by atoms with Gasteiger partial charge in [0, 0.05) is 26.2 Å². The number of hydrogen-bond acceptors (Lipinski definition) is 2. The molecule has 2 amide bonds. The summed E-state index contributed by atoms with van der Waals surface area (Å²) < 4.78 is 0. The van der Waals surface area contributed by atoms with Gasteiger partial charge >= 0.3 is 0 Å². The number of nitrogens with zero attached hydrogens (tertiary/aromatic N) is 2. The molecule has 0 atom stereocenters. The number of rotatable bonds is 4. The standard InChI is InChI=1S/C19H26N2O2/c22-15-20-10-12-21(13-11-20)19(23)14-16-6-8-18(9-7-16)17-4-2-1-3-5-17/h6-9,15,17H,1-5,10-14H2. The summed E-state index contributed by atoms with van der Waals surface area (Å²) in [7, 11) is 0. The zero-order chi connectivity index (χ0) is 16.1. The van der Waals surface area contributed by atoms with Gasteiger partial charge in [0.2, 0.25) is 12.3 Å². The Morgan fingerprint density at radius 3 is 2.26 bits per heavy atom. The Balaban J connectivity index is 1.53. The van der Waals surface area contributed by atoms with Crippen molar-refractivity contribution in [2.45, 2.75) is 44.4 Å². The van der Waals surface area contributed by atoms with Gasteiger partial charge in [-0.2, -0.15) is 0 Å². The molecule has 3 rings (SSSR count). The molecular formula is C19H26N2O2. The first-order chi connectivity index (χ1) is 11.3. The predicted octanol–water partition coefficient (Wildman–Crippen LogP) is 2.58. The van der Waals surface area contributed by atoms with Crippen molar-refractivity contribution in [1.29, 1.82) is 0 Å². The van der Waals surface area contributed by atoms with Gasteiger partial charge in [0.25, 0.3) is 0 Å². The topological polar surface area (TPSA) is 40.6 Å². The van der Waals surface area contributed by atoms with E-state index in [9.17, 15) is 9.59 Å². The van der Waals surface area contributed by atoms with Gasteiger partial charge in [0.05, 0.1) is 6.42 Å². The smallest absolute Gasteiger partial charge is 0.227 e. The van der Waals surface area contributed by atoms with Gasteiger partial charge in [0.15, 0.2) is 0 Å². The third kappa shape index (κ3) is 4.12. The lowest BCUT2D eigenvalue weighted by Gasteiger charge is -2.32. The second-order valence-electron chi connectivity index (χ2n) is 6.78. The van der Waals surface area contributed by atoms with Crippen LogP contribution in [0.15, 0.2) is 24.3 Å². The number of carbonyl (C=O) groups excluding carboxylic acids is 2. The van der Waals surface area contributed by atoms with E-state index >= 15 is 0 Å². The molecule has 4 nitrogen and oxygen atoms in total. The summed E-state index contributed by atoms with van der Waals surface area (Å²) in [5.74, 6) is 0.880. The minimum atomic E-state index is 0.168. The van der Waals surface area contributed by atoms with Crippen LogP contribution in [0, 0.1) is 0 Å². The molecular weight excluding hydrogens is 288 g/mol. The SMILES string of the molecule is O=CN1CCN(C(=O)Cc2ccc(C3CCCCC3)cc2)CC1. The van der Waals surface area contributed by atoms with Gasteiger partial charge in [-0.05, 0) is 29.9 Å². The largest absolute Gasteiger partial charge is 0.342 e. The fourth-order valence-corrected chi connectivity index (χ4v) is 3.71. The Labute approximate surface area is 138 Å². The van der Waals surface area contributed by atoms with Gasteiger partial charge in [-0.25, -0.2) is 0 Å². The molecule has 2 fully saturated rings. The average molecular weight is 314 g/mol. The zero-order valence-corrected chi connectivity index (χ0v) is 13.7. The van der Waals surface area contributed by atoms with Crippen molar-refractivity contribution in [3.05, 3.63) is 35.4 Å². The van der Waals surface area contributed by atoms with Crippen LogP contribution in [0.4, 0.5) is 0 Å². The van der Waals surface area contributed by atoms with Crippen molar-refractivity contribution in [1.82, 2.24) is 9.80 Å². The van der Waals surface area contributed by atoms with E-state index in [1.54, 1.807) is 4.90 Å². The summed E-state index contributed by atoms with van der Waals surface area (Å²) in [6, 6.07) is 8.65. The maximum atomic E-state index is 12.4. The van der Waals surface area contributed by atoms with Crippen molar-refractivity contribution in [2.24, 2.45) is 0 Å². The minimum absolute atomic E-state index is 0.168. The van der Waals surface area contributed by atoms with Gasteiger partial charge in [-0.15, -0.1) is 0 Å². The molecule has 1 aliphatic carbocycles. The lowest BCUT2D eigenvalue weighted by atomic mass is 9.84. The molecule has 23 heavy (non-hydrogen) atoms. The van der Waals surface area contributed by atoms with Crippen LogP contribution < -0.4 is 0 Å². The molecule has 124 valence electrons. The molecule has 0 spiro atoms. The highest BCUT2D eigenvalue weighted by Crippen LogP contribution is 2.32. The molecule has 0 radical (unpaired) electrons. The lowest BCUT2D eigenvalue weighted by Crippen LogP contribution is -2.48. The molecule has 2 aliphatic rings. The zero-order valence-electron chi connectivity index (χ0n) is 13.7. The summed E-state index contributed by atoms with van der Waals surface area (Å²) in [5, 5.41) is 0. The summed E-state index contributed by atoms with van der Waals surface area (Å²) in [4.78, 5) is 26.7. The fourth-order valence-electron chi connectivity index (χ4n) is 3.71. The van der Waals surface area contributed by atoms with Crippen LogP contribution in [0.25, 0.3) is 0 Å². The third-order valence-electron chi connectivity index (χ3n) is 5.23. The first-order valence-corrected chi connectivity index (χ1v) is 8.82. The van der Waals surface area contributed by atoms with Gasteiger partial charge in [0.1, 0.15) is 0 Å². The Hall–Kier alpha value is -1.84. The molecule has 0 aromatic heterocycles. The molecule has 1 heterocycles. The lowest BCUT2D eigenvalue weighted by molar-refractivity contribution is -0.134. The van der Waals surface area contributed by atoms with Crippen molar-refractivity contribution < 1.29 is 9.59 Å². The summed E-state index contributed by atoms with van der Waals surface area (Å²) in [6.45, 7) is 2.60. The van der Waals surface area contributed by atoms with Gasteiger partial charge in [-0.1, -0.05) is 43.5 Å². The highest BCUT2D eigenvalue weighted by Gasteiger charge is 2.20. The first kappa shape index (κ1) is 16.0. The quantitative estimate of drug-likeness (QED) is 0.802. The van der Waals surface area contributed by atoms with E-state index in [1.807, 2.05) is 4.90 Å². The Morgan fingerprint density at radius 1 is 1.00 bits per heavy atom. The molecule has 0 unspecified atom stereocenters. The van der Waals surface area contributed by atoms with E-state index in [2.05, 4.69) is 24.3 Å². The second kappa shape index (κ2) is 7.62. The van der Waals surface area contributed by atoms with E-state index in [4.69, 9.17) is 0 Å².